The highest BCUT2D eigenvalue weighted by atomic mass is 14.7. The van der Waals surface area contributed by atoms with Crippen molar-refractivity contribution in [2.45, 2.75) is 97.8 Å². The van der Waals surface area contributed by atoms with Crippen molar-refractivity contribution in [1.82, 2.24) is 0 Å². The number of hydrogen-bond acceptors (Lipinski definition) is 0. The van der Waals surface area contributed by atoms with E-state index in [1.807, 2.05) is 0 Å². The fourth-order valence-corrected chi connectivity index (χ4v) is 10.8. The maximum Gasteiger partial charge on any atom is -0.0230 e. The van der Waals surface area contributed by atoms with Crippen LogP contribution in [0, 0.1) is 59.7 Å². The van der Waals surface area contributed by atoms with Crippen LogP contribution in [-0.4, -0.2) is 0 Å². The topological polar surface area (TPSA) is 0 Å². The van der Waals surface area contributed by atoms with Crippen molar-refractivity contribution in [3.63, 3.8) is 0 Å². The van der Waals surface area contributed by atoms with Gasteiger partial charge in [0, 0.05) is 0 Å². The van der Waals surface area contributed by atoms with E-state index in [0.29, 0.717) is 0 Å². The minimum atomic E-state index is 0.757. The summed E-state index contributed by atoms with van der Waals surface area (Å²) in [7, 11) is 0. The van der Waals surface area contributed by atoms with Gasteiger partial charge in [0.1, 0.15) is 0 Å². The van der Waals surface area contributed by atoms with Crippen LogP contribution in [0.1, 0.15) is 95.1 Å². The first-order chi connectivity index (χ1) is 13.9. The van der Waals surface area contributed by atoms with Crippen molar-refractivity contribution in [1.29, 1.82) is 0 Å². The SMILES string of the molecule is CC12CC3CC(C1)CC(C14CC5CC(CC(C5)C1)C4)(C3)C2.Cc1ccccc1C. The fraction of sp³-hybridized carbons (Fsp3) is 0.793. The highest BCUT2D eigenvalue weighted by Gasteiger charge is 2.66. The van der Waals surface area contributed by atoms with E-state index in [-0.39, 0.29) is 0 Å². The molecule has 1 aromatic rings. The molecule has 9 rings (SSSR count). The smallest absolute Gasteiger partial charge is 0.0230 e. The second kappa shape index (κ2) is 6.37. The maximum atomic E-state index is 2.68. The molecular formula is C29H42. The molecule has 8 aliphatic carbocycles. The van der Waals surface area contributed by atoms with Crippen molar-refractivity contribution in [2.75, 3.05) is 0 Å². The highest BCUT2D eigenvalue weighted by molar-refractivity contribution is 5.23. The molecule has 0 spiro atoms. The molecule has 0 heterocycles. The molecule has 0 radical (unpaired) electrons. The molecular weight excluding hydrogens is 348 g/mol. The van der Waals surface area contributed by atoms with Gasteiger partial charge in [0.15, 0.2) is 0 Å². The van der Waals surface area contributed by atoms with Gasteiger partial charge in [-0.15, -0.1) is 0 Å². The van der Waals surface area contributed by atoms with Crippen LogP contribution in [0.4, 0.5) is 0 Å². The zero-order valence-corrected chi connectivity index (χ0v) is 19.2. The number of rotatable bonds is 1. The normalized spacial score (nSPS) is 51.1. The molecule has 8 aliphatic rings. The van der Waals surface area contributed by atoms with Crippen LogP contribution >= 0.6 is 0 Å². The van der Waals surface area contributed by atoms with Crippen LogP contribution in [0.2, 0.25) is 0 Å². The van der Waals surface area contributed by atoms with E-state index >= 15 is 0 Å². The number of benzene rings is 1. The first kappa shape index (κ1) is 18.9. The number of hydrogen-bond donors (Lipinski definition) is 0. The summed E-state index contributed by atoms with van der Waals surface area (Å²) in [4.78, 5) is 0. The quantitative estimate of drug-likeness (QED) is 0.454. The molecule has 29 heavy (non-hydrogen) atoms. The third-order valence-electron chi connectivity index (χ3n) is 10.9. The van der Waals surface area contributed by atoms with Crippen LogP contribution in [-0.2, 0) is 0 Å². The number of aryl methyl sites for hydroxylation is 2. The van der Waals surface area contributed by atoms with E-state index in [9.17, 15) is 0 Å². The standard InChI is InChI=1S/C21H32.C8H10/c1-19-6-17-5-18(7-19)12-21(11-17,13-19)20-8-14-2-15(9-20)4-16(3-14)10-20;1-7-5-3-4-6-8(7)2/h14-18H,2-13H2,1H3;3-6H,1-2H3. The second-order valence-corrected chi connectivity index (χ2v) is 13.3. The van der Waals surface area contributed by atoms with E-state index in [1.54, 1.807) is 77.0 Å². The highest BCUT2D eigenvalue weighted by Crippen LogP contribution is 2.76. The molecule has 0 N–H and O–H groups in total. The summed E-state index contributed by atoms with van der Waals surface area (Å²) in [6, 6.07) is 8.36. The molecule has 2 atom stereocenters. The Bertz CT molecular complexity index is 715. The molecule has 0 heteroatoms. The van der Waals surface area contributed by atoms with E-state index in [4.69, 9.17) is 0 Å². The summed E-state index contributed by atoms with van der Waals surface area (Å²) >= 11 is 0. The first-order valence-electron chi connectivity index (χ1n) is 12.9. The average molecular weight is 391 g/mol. The summed E-state index contributed by atoms with van der Waals surface area (Å²) in [5.74, 6) is 5.71. The largest absolute Gasteiger partial charge is 0.0620 e. The van der Waals surface area contributed by atoms with Crippen LogP contribution < -0.4 is 0 Å². The Morgan fingerprint density at radius 1 is 0.586 bits per heavy atom. The second-order valence-electron chi connectivity index (χ2n) is 13.3. The predicted octanol–water partition coefficient (Wildman–Crippen LogP) is 8.11. The Morgan fingerprint density at radius 2 is 1.00 bits per heavy atom. The van der Waals surface area contributed by atoms with Crippen molar-refractivity contribution < 1.29 is 0 Å². The van der Waals surface area contributed by atoms with Gasteiger partial charge >= 0.3 is 0 Å². The lowest BCUT2D eigenvalue weighted by molar-refractivity contribution is -0.217. The minimum Gasteiger partial charge on any atom is -0.0620 e. The van der Waals surface area contributed by atoms with Gasteiger partial charge in [0.2, 0.25) is 0 Å². The molecule has 0 nitrogen and oxygen atoms in total. The van der Waals surface area contributed by atoms with E-state index in [2.05, 4.69) is 45.0 Å². The first-order valence-corrected chi connectivity index (χ1v) is 12.9. The summed E-state index contributed by atoms with van der Waals surface area (Å²) in [5.41, 5.74) is 5.15. The lowest BCUT2D eigenvalue weighted by atomic mass is 9.33. The molecule has 8 fully saturated rings. The third-order valence-corrected chi connectivity index (χ3v) is 10.9. The van der Waals surface area contributed by atoms with Crippen LogP contribution in [0.5, 0.6) is 0 Å². The van der Waals surface area contributed by atoms with Gasteiger partial charge in [-0.2, -0.15) is 0 Å². The van der Waals surface area contributed by atoms with Crippen LogP contribution in [0.15, 0.2) is 24.3 Å². The molecule has 0 aliphatic heterocycles. The summed E-state index contributed by atoms with van der Waals surface area (Å²) < 4.78 is 0. The Hall–Kier alpha value is -0.780. The minimum absolute atomic E-state index is 0.757. The van der Waals surface area contributed by atoms with Gasteiger partial charge in [0.25, 0.3) is 0 Å². The molecule has 0 amide bonds. The molecule has 158 valence electrons. The Kier molecular flexibility index (Phi) is 4.16. The van der Waals surface area contributed by atoms with Crippen molar-refractivity contribution in [3.8, 4) is 0 Å². The summed E-state index contributed by atoms with van der Waals surface area (Å²) in [5, 5.41) is 0. The third kappa shape index (κ3) is 2.98. The predicted molar refractivity (Wildman–Crippen MR) is 122 cm³/mol. The zero-order chi connectivity index (χ0) is 19.9. The lowest BCUT2D eigenvalue weighted by Crippen LogP contribution is -2.62. The lowest BCUT2D eigenvalue weighted by Gasteiger charge is -2.72. The monoisotopic (exact) mass is 390 g/mol. The zero-order valence-electron chi connectivity index (χ0n) is 19.2. The summed E-state index contributed by atoms with van der Waals surface area (Å²) in [6.07, 6.45) is 19.6. The van der Waals surface area contributed by atoms with E-state index in [1.165, 1.54) is 11.1 Å². The Balaban J connectivity index is 0.000000176. The van der Waals surface area contributed by atoms with Crippen molar-refractivity contribution in [3.05, 3.63) is 35.4 Å². The van der Waals surface area contributed by atoms with Crippen LogP contribution in [0.3, 0.4) is 0 Å². The molecule has 2 unspecified atom stereocenters. The van der Waals surface area contributed by atoms with Gasteiger partial charge in [0.05, 0.1) is 0 Å². The maximum absolute atomic E-state index is 2.68. The molecule has 8 bridgehead atoms. The van der Waals surface area contributed by atoms with Gasteiger partial charge in [-0.3, -0.25) is 0 Å². The molecule has 8 saturated carbocycles. The van der Waals surface area contributed by atoms with Crippen molar-refractivity contribution in [2.24, 2.45) is 45.8 Å². The van der Waals surface area contributed by atoms with Gasteiger partial charge in [-0.25, -0.2) is 0 Å². The fourth-order valence-electron chi connectivity index (χ4n) is 10.8. The van der Waals surface area contributed by atoms with Gasteiger partial charge in [-0.05, 0) is 148 Å². The molecule has 0 aromatic heterocycles. The molecule has 1 aromatic carbocycles. The average Bonchev–Trinajstić information content (AvgIpc) is 2.61. The Labute approximate surface area is 179 Å². The Morgan fingerprint density at radius 3 is 1.41 bits per heavy atom. The van der Waals surface area contributed by atoms with Crippen molar-refractivity contribution >= 4 is 0 Å². The van der Waals surface area contributed by atoms with Crippen LogP contribution in [0.25, 0.3) is 0 Å². The molecule has 0 saturated heterocycles. The van der Waals surface area contributed by atoms with Gasteiger partial charge < -0.3 is 0 Å². The van der Waals surface area contributed by atoms with E-state index < -0.39 is 0 Å². The van der Waals surface area contributed by atoms with E-state index in [0.717, 1.165) is 45.8 Å². The van der Waals surface area contributed by atoms with Gasteiger partial charge in [-0.1, -0.05) is 31.2 Å². The summed E-state index contributed by atoms with van der Waals surface area (Å²) in [6.45, 7) is 6.92.